The highest BCUT2D eigenvalue weighted by Crippen LogP contribution is 2.18. The van der Waals surface area contributed by atoms with E-state index in [0.29, 0.717) is 49.0 Å². The van der Waals surface area contributed by atoms with Crippen LogP contribution >= 0.6 is 0 Å². The van der Waals surface area contributed by atoms with E-state index in [2.05, 4.69) is 10.3 Å². The molecule has 2 aromatic heterocycles. The number of amides is 2. The Kier molecular flexibility index (Phi) is 5.24. The molecule has 29 heavy (non-hydrogen) atoms. The van der Waals surface area contributed by atoms with E-state index < -0.39 is 0 Å². The maximum Gasteiger partial charge on any atom is 0.289 e. The fourth-order valence-corrected chi connectivity index (χ4v) is 3.20. The number of rotatable bonds is 4. The van der Waals surface area contributed by atoms with Crippen LogP contribution in [0.15, 0.2) is 65.4 Å². The fourth-order valence-electron chi connectivity index (χ4n) is 3.20. The minimum absolute atomic E-state index is 0.139. The molecule has 1 aliphatic rings. The van der Waals surface area contributed by atoms with Gasteiger partial charge in [0.25, 0.3) is 11.8 Å². The summed E-state index contributed by atoms with van der Waals surface area (Å²) in [5, 5.41) is 3.00. The second-order valence-corrected chi connectivity index (χ2v) is 6.63. The largest absolute Gasteiger partial charge is 0.459 e. The summed E-state index contributed by atoms with van der Waals surface area (Å²) in [6.45, 7) is 1.73. The fraction of sp³-hybridized carbons (Fsp3) is 0.190. The van der Waals surface area contributed by atoms with Crippen molar-refractivity contribution in [3.63, 3.8) is 0 Å². The van der Waals surface area contributed by atoms with Crippen molar-refractivity contribution in [2.24, 2.45) is 0 Å². The average Bonchev–Trinajstić information content (AvgIpc) is 3.28. The van der Waals surface area contributed by atoms with Gasteiger partial charge in [-0.2, -0.15) is 0 Å². The highest BCUT2D eigenvalue weighted by atomic mass is 19.1. The number of anilines is 2. The summed E-state index contributed by atoms with van der Waals surface area (Å²) in [5.41, 5.74) is 1.02. The van der Waals surface area contributed by atoms with Crippen molar-refractivity contribution < 1.29 is 18.4 Å². The lowest BCUT2D eigenvalue weighted by atomic mass is 10.2. The average molecular weight is 394 g/mol. The Bertz CT molecular complexity index is 1010. The maximum atomic E-state index is 13.3. The molecule has 3 heterocycles. The Labute approximate surface area is 166 Å². The molecule has 0 bridgehead atoms. The number of nitrogens with zero attached hydrogens (tertiary/aromatic N) is 3. The lowest BCUT2D eigenvalue weighted by molar-refractivity contribution is 0.0518. The van der Waals surface area contributed by atoms with E-state index >= 15 is 0 Å². The highest BCUT2D eigenvalue weighted by molar-refractivity contribution is 5.95. The number of carbonyl (C=O) groups excluding carboxylic acids is 2. The van der Waals surface area contributed by atoms with Crippen LogP contribution in [0.1, 0.15) is 20.9 Å². The molecule has 1 fully saturated rings. The van der Waals surface area contributed by atoms with Gasteiger partial charge in [-0.05, 0) is 42.5 Å². The van der Waals surface area contributed by atoms with E-state index in [-0.39, 0.29) is 17.6 Å². The van der Waals surface area contributed by atoms with E-state index in [9.17, 15) is 14.0 Å². The Hall–Kier alpha value is -3.68. The number of halogens is 1. The minimum Gasteiger partial charge on any atom is -0.459 e. The molecule has 8 heteroatoms. The molecule has 0 atom stereocenters. The van der Waals surface area contributed by atoms with Crippen LogP contribution in [0.2, 0.25) is 0 Å². The molecular weight excluding hydrogens is 375 g/mol. The lowest BCUT2D eigenvalue weighted by Gasteiger charge is -2.34. The van der Waals surface area contributed by atoms with Gasteiger partial charge in [-0.1, -0.05) is 6.07 Å². The maximum absolute atomic E-state index is 13.3. The normalized spacial score (nSPS) is 14.0. The molecule has 2 amide bonds. The lowest BCUT2D eigenvalue weighted by Crippen LogP contribution is -2.50. The number of piperazine rings is 1. The first kappa shape index (κ1) is 18.7. The molecule has 1 N–H and O–H groups in total. The SMILES string of the molecule is O=C(c1ccnc(Nc2cccc(F)c2)c1)N1CCN(C(=O)c2ccco2)CC1. The number of pyridine rings is 1. The Morgan fingerprint density at radius 3 is 2.41 bits per heavy atom. The molecule has 0 saturated carbocycles. The van der Waals surface area contributed by atoms with Gasteiger partial charge in [-0.3, -0.25) is 9.59 Å². The van der Waals surface area contributed by atoms with E-state index in [1.807, 2.05) is 0 Å². The quantitative estimate of drug-likeness (QED) is 0.735. The molecule has 3 aromatic rings. The summed E-state index contributed by atoms with van der Waals surface area (Å²) in [4.78, 5) is 32.7. The minimum atomic E-state index is -0.357. The van der Waals surface area contributed by atoms with Crippen molar-refractivity contribution >= 4 is 23.3 Å². The molecule has 1 aromatic carbocycles. The van der Waals surface area contributed by atoms with Crippen molar-refractivity contribution in [3.05, 3.63) is 78.1 Å². The highest BCUT2D eigenvalue weighted by Gasteiger charge is 2.26. The zero-order valence-corrected chi connectivity index (χ0v) is 15.5. The summed E-state index contributed by atoms with van der Waals surface area (Å²) >= 11 is 0. The van der Waals surface area contributed by atoms with Gasteiger partial charge >= 0.3 is 0 Å². The smallest absolute Gasteiger partial charge is 0.289 e. The predicted molar refractivity (Wildman–Crippen MR) is 104 cm³/mol. The summed E-state index contributed by atoms with van der Waals surface area (Å²) < 4.78 is 18.5. The van der Waals surface area contributed by atoms with Crippen molar-refractivity contribution in [3.8, 4) is 0 Å². The van der Waals surface area contributed by atoms with Crippen molar-refractivity contribution in [1.29, 1.82) is 0 Å². The molecular formula is C21H19FN4O3. The van der Waals surface area contributed by atoms with Gasteiger partial charge in [0, 0.05) is 43.6 Å². The summed E-state index contributed by atoms with van der Waals surface area (Å²) in [6.07, 6.45) is 3.00. The number of hydrogen-bond acceptors (Lipinski definition) is 5. The van der Waals surface area contributed by atoms with Crippen LogP contribution < -0.4 is 5.32 Å². The Morgan fingerprint density at radius 1 is 0.966 bits per heavy atom. The van der Waals surface area contributed by atoms with Crippen LogP contribution in [0.5, 0.6) is 0 Å². The molecule has 7 nitrogen and oxygen atoms in total. The zero-order valence-electron chi connectivity index (χ0n) is 15.5. The Balaban J connectivity index is 1.39. The molecule has 0 radical (unpaired) electrons. The van der Waals surface area contributed by atoms with Crippen molar-refractivity contribution in [2.75, 3.05) is 31.5 Å². The number of nitrogens with one attached hydrogen (secondary N) is 1. The van der Waals surface area contributed by atoms with Gasteiger partial charge in [-0.25, -0.2) is 9.37 Å². The summed E-state index contributed by atoms with van der Waals surface area (Å²) in [5.74, 6) is 0.0802. The van der Waals surface area contributed by atoms with Crippen LogP contribution in [0.4, 0.5) is 15.9 Å². The van der Waals surface area contributed by atoms with Gasteiger partial charge in [0.05, 0.1) is 6.26 Å². The van der Waals surface area contributed by atoms with Crippen molar-refractivity contribution in [1.82, 2.24) is 14.8 Å². The molecule has 0 aliphatic carbocycles. The van der Waals surface area contributed by atoms with Crippen LogP contribution in [-0.2, 0) is 0 Å². The van der Waals surface area contributed by atoms with Crippen LogP contribution in [-0.4, -0.2) is 52.8 Å². The van der Waals surface area contributed by atoms with Gasteiger partial charge < -0.3 is 19.5 Å². The van der Waals surface area contributed by atoms with E-state index in [0.717, 1.165) is 0 Å². The zero-order chi connectivity index (χ0) is 20.2. The first-order valence-electron chi connectivity index (χ1n) is 9.21. The van der Waals surface area contributed by atoms with Crippen LogP contribution in [0.3, 0.4) is 0 Å². The van der Waals surface area contributed by atoms with Gasteiger partial charge in [0.15, 0.2) is 5.76 Å². The molecule has 148 valence electrons. The van der Waals surface area contributed by atoms with E-state index in [1.165, 1.54) is 24.6 Å². The van der Waals surface area contributed by atoms with E-state index in [4.69, 9.17) is 4.42 Å². The van der Waals surface area contributed by atoms with E-state index in [1.54, 1.807) is 46.2 Å². The predicted octanol–water partition coefficient (Wildman–Crippen LogP) is 3.16. The summed E-state index contributed by atoms with van der Waals surface area (Å²) in [6, 6.07) is 12.6. The monoisotopic (exact) mass is 394 g/mol. The second kappa shape index (κ2) is 8.14. The van der Waals surface area contributed by atoms with Crippen molar-refractivity contribution in [2.45, 2.75) is 0 Å². The molecule has 0 spiro atoms. The standard InChI is InChI=1S/C21H19FN4O3/c22-16-3-1-4-17(14-16)24-19-13-15(6-7-23-19)20(27)25-8-10-26(11-9-25)21(28)18-5-2-12-29-18/h1-7,12-14H,8-11H2,(H,23,24). The number of aromatic nitrogens is 1. The Morgan fingerprint density at radius 2 is 1.72 bits per heavy atom. The molecule has 4 rings (SSSR count). The number of hydrogen-bond donors (Lipinski definition) is 1. The van der Waals surface area contributed by atoms with Gasteiger partial charge in [0.2, 0.25) is 0 Å². The topological polar surface area (TPSA) is 78.7 Å². The first-order valence-corrected chi connectivity index (χ1v) is 9.21. The molecule has 1 aliphatic heterocycles. The third-order valence-corrected chi connectivity index (χ3v) is 4.69. The number of furan rings is 1. The molecule has 1 saturated heterocycles. The first-order chi connectivity index (χ1) is 14.1. The number of carbonyl (C=O) groups is 2. The van der Waals surface area contributed by atoms with Crippen LogP contribution in [0.25, 0.3) is 0 Å². The third kappa shape index (κ3) is 4.26. The van der Waals surface area contributed by atoms with Gasteiger partial charge in [0.1, 0.15) is 11.6 Å². The summed E-state index contributed by atoms with van der Waals surface area (Å²) in [7, 11) is 0. The van der Waals surface area contributed by atoms with Gasteiger partial charge in [-0.15, -0.1) is 0 Å². The van der Waals surface area contributed by atoms with Crippen LogP contribution in [0, 0.1) is 5.82 Å². The third-order valence-electron chi connectivity index (χ3n) is 4.69. The number of benzene rings is 1. The second-order valence-electron chi connectivity index (χ2n) is 6.63. The molecule has 0 unspecified atom stereocenters.